The Morgan fingerprint density at radius 3 is 2.44 bits per heavy atom. The van der Waals surface area contributed by atoms with Crippen LogP contribution < -0.4 is 10.1 Å². The predicted octanol–water partition coefficient (Wildman–Crippen LogP) is 3.91. The molecule has 0 radical (unpaired) electrons. The fraction of sp³-hybridized carbons (Fsp3) is 0.294. The zero-order valence-corrected chi connectivity index (χ0v) is 14.4. The van der Waals surface area contributed by atoms with Gasteiger partial charge in [0.2, 0.25) is 5.91 Å². The Kier molecular flexibility index (Phi) is 6.30. The number of hydrogen-bond donors (Lipinski definition) is 1. The fourth-order valence-corrected chi connectivity index (χ4v) is 2.74. The summed E-state index contributed by atoms with van der Waals surface area (Å²) in [5.74, 6) is 0.509. The smallest absolute Gasteiger partial charge is 0.417 e. The molecule has 1 heterocycles. The van der Waals surface area contributed by atoms with Gasteiger partial charge in [0.25, 0.3) is 0 Å². The first kappa shape index (κ1) is 19.1. The molecule has 1 atom stereocenters. The van der Waals surface area contributed by atoms with Crippen LogP contribution in [-0.2, 0) is 17.5 Å². The Morgan fingerprint density at radius 2 is 1.92 bits per heavy atom. The number of nitrogens with one attached hydrogen (secondary N) is 1. The number of pyridine rings is 1. The highest BCUT2D eigenvalue weighted by molar-refractivity contribution is 8.00. The van der Waals surface area contributed by atoms with E-state index in [9.17, 15) is 18.0 Å². The third-order valence-electron chi connectivity index (χ3n) is 3.36. The van der Waals surface area contributed by atoms with Crippen LogP contribution in [0.3, 0.4) is 0 Å². The Labute approximate surface area is 147 Å². The second-order valence-corrected chi connectivity index (χ2v) is 6.57. The molecule has 1 aromatic carbocycles. The van der Waals surface area contributed by atoms with E-state index in [2.05, 4.69) is 10.3 Å². The van der Waals surface area contributed by atoms with Crippen molar-refractivity contribution in [1.29, 1.82) is 0 Å². The van der Waals surface area contributed by atoms with Gasteiger partial charge in [0.1, 0.15) is 5.75 Å². The molecule has 0 saturated carbocycles. The number of ether oxygens (including phenoxy) is 1. The molecule has 0 spiro atoms. The van der Waals surface area contributed by atoms with Crippen molar-refractivity contribution in [2.75, 3.05) is 7.11 Å². The average molecular weight is 370 g/mol. The molecule has 0 aliphatic heterocycles. The monoisotopic (exact) mass is 370 g/mol. The summed E-state index contributed by atoms with van der Waals surface area (Å²) in [6.45, 7) is 2.03. The molecule has 0 saturated heterocycles. The number of hydrogen-bond acceptors (Lipinski definition) is 4. The molecule has 0 bridgehead atoms. The van der Waals surface area contributed by atoms with E-state index in [1.165, 1.54) is 6.07 Å². The molecule has 0 aliphatic carbocycles. The van der Waals surface area contributed by atoms with E-state index in [-0.39, 0.29) is 5.91 Å². The van der Waals surface area contributed by atoms with Crippen LogP contribution in [0.2, 0.25) is 0 Å². The van der Waals surface area contributed by atoms with Gasteiger partial charge in [0, 0.05) is 12.7 Å². The first-order chi connectivity index (χ1) is 11.8. The second-order valence-electron chi connectivity index (χ2n) is 5.21. The Hall–Kier alpha value is -2.22. The summed E-state index contributed by atoms with van der Waals surface area (Å²) in [6.07, 6.45) is -3.65. The maximum atomic E-state index is 12.5. The number of methoxy groups -OCH3 is 1. The number of aromatic nitrogens is 1. The van der Waals surface area contributed by atoms with Crippen molar-refractivity contribution in [1.82, 2.24) is 10.3 Å². The summed E-state index contributed by atoms with van der Waals surface area (Å²) in [6, 6.07) is 9.50. The van der Waals surface area contributed by atoms with E-state index in [0.29, 0.717) is 11.6 Å². The summed E-state index contributed by atoms with van der Waals surface area (Å²) in [5.41, 5.74) is 0.104. The number of amides is 1. The fourth-order valence-electron chi connectivity index (χ4n) is 1.93. The van der Waals surface area contributed by atoms with Crippen molar-refractivity contribution in [2.45, 2.75) is 29.9 Å². The molecule has 4 nitrogen and oxygen atoms in total. The minimum absolute atomic E-state index is 0.220. The topological polar surface area (TPSA) is 51.2 Å². The van der Waals surface area contributed by atoms with Crippen molar-refractivity contribution in [3.05, 3.63) is 53.7 Å². The van der Waals surface area contributed by atoms with Crippen LogP contribution in [0, 0.1) is 0 Å². The van der Waals surface area contributed by atoms with Crippen molar-refractivity contribution < 1.29 is 22.7 Å². The third-order valence-corrected chi connectivity index (χ3v) is 4.41. The molecule has 8 heteroatoms. The largest absolute Gasteiger partial charge is 0.497 e. The molecule has 0 fully saturated rings. The summed E-state index contributed by atoms with van der Waals surface area (Å²) < 4.78 is 42.6. The maximum Gasteiger partial charge on any atom is 0.417 e. The molecule has 1 aromatic heterocycles. The number of benzene rings is 1. The van der Waals surface area contributed by atoms with Crippen LogP contribution in [0.4, 0.5) is 13.2 Å². The van der Waals surface area contributed by atoms with Crippen molar-refractivity contribution in [3.63, 3.8) is 0 Å². The number of carbonyl (C=O) groups is 1. The lowest BCUT2D eigenvalue weighted by molar-refractivity contribution is -0.137. The maximum absolute atomic E-state index is 12.5. The molecular weight excluding hydrogens is 353 g/mol. The van der Waals surface area contributed by atoms with Gasteiger partial charge < -0.3 is 10.1 Å². The predicted molar refractivity (Wildman–Crippen MR) is 89.4 cm³/mol. The zero-order valence-electron chi connectivity index (χ0n) is 13.6. The molecule has 2 aromatic rings. The lowest BCUT2D eigenvalue weighted by Crippen LogP contribution is -2.30. The van der Waals surface area contributed by atoms with Gasteiger partial charge in [0.05, 0.1) is 22.9 Å². The van der Waals surface area contributed by atoms with Crippen molar-refractivity contribution >= 4 is 17.7 Å². The summed E-state index contributed by atoms with van der Waals surface area (Å²) in [7, 11) is 1.57. The number of thioether (sulfide) groups is 1. The molecular formula is C17H17F3N2O2S. The highest BCUT2D eigenvalue weighted by Crippen LogP contribution is 2.30. The normalized spacial score (nSPS) is 12.5. The van der Waals surface area contributed by atoms with E-state index < -0.39 is 17.0 Å². The van der Waals surface area contributed by atoms with Gasteiger partial charge in [-0.1, -0.05) is 23.9 Å². The molecule has 1 N–H and O–H groups in total. The summed E-state index contributed by atoms with van der Waals surface area (Å²) in [5, 5.41) is 2.66. The van der Waals surface area contributed by atoms with Gasteiger partial charge in [-0.3, -0.25) is 4.79 Å². The van der Waals surface area contributed by atoms with E-state index in [1.54, 1.807) is 26.2 Å². The van der Waals surface area contributed by atoms with Gasteiger partial charge in [-0.25, -0.2) is 4.98 Å². The lowest BCUT2D eigenvalue weighted by Gasteiger charge is -2.12. The Bertz CT molecular complexity index is 703. The lowest BCUT2D eigenvalue weighted by atomic mass is 10.2. The van der Waals surface area contributed by atoms with Gasteiger partial charge in [0.15, 0.2) is 0 Å². The molecule has 1 amide bonds. The SMILES string of the molecule is COc1ccc(CNC(=O)C(C)Sc2ccc(C(F)(F)F)cn2)cc1. The summed E-state index contributed by atoms with van der Waals surface area (Å²) >= 11 is 1.10. The standard InChI is InChI=1S/C17H17F3N2O2S/c1-11(25-15-8-5-13(10-21-15)17(18,19)20)16(23)22-9-12-3-6-14(24-2)7-4-12/h3-8,10-11H,9H2,1-2H3,(H,22,23). The molecule has 1 unspecified atom stereocenters. The van der Waals surface area contributed by atoms with Gasteiger partial charge in [-0.2, -0.15) is 13.2 Å². The average Bonchev–Trinajstić information content (AvgIpc) is 2.59. The van der Waals surface area contributed by atoms with Crippen LogP contribution in [0.25, 0.3) is 0 Å². The van der Waals surface area contributed by atoms with Crippen molar-refractivity contribution in [3.8, 4) is 5.75 Å². The van der Waals surface area contributed by atoms with E-state index in [1.807, 2.05) is 12.1 Å². The van der Waals surface area contributed by atoms with Gasteiger partial charge >= 0.3 is 6.18 Å². The van der Waals surface area contributed by atoms with E-state index in [4.69, 9.17) is 4.74 Å². The minimum Gasteiger partial charge on any atom is -0.497 e. The van der Waals surface area contributed by atoms with Crippen molar-refractivity contribution in [2.24, 2.45) is 0 Å². The summed E-state index contributed by atoms with van der Waals surface area (Å²) in [4.78, 5) is 15.9. The van der Waals surface area contributed by atoms with Crippen LogP contribution in [0.15, 0.2) is 47.6 Å². The zero-order chi connectivity index (χ0) is 18.4. The first-order valence-electron chi connectivity index (χ1n) is 7.40. The number of alkyl halides is 3. The second kappa shape index (κ2) is 8.24. The number of rotatable bonds is 6. The number of carbonyl (C=O) groups excluding carboxylic acids is 1. The van der Waals surface area contributed by atoms with Crippen LogP contribution in [0.1, 0.15) is 18.1 Å². The van der Waals surface area contributed by atoms with Crippen LogP contribution >= 0.6 is 11.8 Å². The number of halogens is 3. The molecule has 134 valence electrons. The van der Waals surface area contributed by atoms with E-state index in [0.717, 1.165) is 35.3 Å². The minimum atomic E-state index is -4.42. The highest BCUT2D eigenvalue weighted by Gasteiger charge is 2.30. The third kappa shape index (κ3) is 5.67. The number of nitrogens with zero attached hydrogens (tertiary/aromatic N) is 1. The van der Waals surface area contributed by atoms with Crippen LogP contribution in [0.5, 0.6) is 5.75 Å². The quantitative estimate of drug-likeness (QED) is 0.784. The Balaban J connectivity index is 1.87. The van der Waals surface area contributed by atoms with Gasteiger partial charge in [-0.05, 0) is 36.8 Å². The van der Waals surface area contributed by atoms with E-state index >= 15 is 0 Å². The molecule has 0 aliphatic rings. The molecule has 25 heavy (non-hydrogen) atoms. The highest BCUT2D eigenvalue weighted by atomic mass is 32.2. The van der Waals surface area contributed by atoms with Gasteiger partial charge in [-0.15, -0.1) is 0 Å². The first-order valence-corrected chi connectivity index (χ1v) is 8.28. The molecule has 2 rings (SSSR count). The van der Waals surface area contributed by atoms with Crippen LogP contribution in [-0.4, -0.2) is 23.3 Å². The Morgan fingerprint density at radius 1 is 1.24 bits per heavy atom.